The molecule has 0 spiro atoms. The first-order chi connectivity index (χ1) is 13.9. The van der Waals surface area contributed by atoms with Gasteiger partial charge in [-0.3, -0.25) is 19.5 Å². The topological polar surface area (TPSA) is 85.2 Å². The average Bonchev–Trinajstić information content (AvgIpc) is 3.08. The molecular formula is C20H25F3N4O3. The van der Waals surface area contributed by atoms with Gasteiger partial charge in [0, 0.05) is 6.61 Å². The molecule has 1 aromatic carbocycles. The second-order valence-corrected chi connectivity index (χ2v) is 8.04. The fourth-order valence-corrected chi connectivity index (χ4v) is 3.32. The number of imidazole rings is 1. The maximum absolute atomic E-state index is 14.3. The molecule has 0 saturated carbocycles. The van der Waals surface area contributed by atoms with Gasteiger partial charge >= 0.3 is 6.18 Å². The van der Waals surface area contributed by atoms with Crippen molar-refractivity contribution < 1.29 is 27.5 Å². The number of nitrogens with zero attached hydrogens (tertiary/aromatic N) is 2. The molecule has 2 amide bonds. The van der Waals surface area contributed by atoms with Crippen molar-refractivity contribution in [3.8, 4) is 0 Å². The van der Waals surface area contributed by atoms with Crippen molar-refractivity contribution in [2.45, 2.75) is 59.0 Å². The molecule has 10 heteroatoms. The maximum atomic E-state index is 14.3. The van der Waals surface area contributed by atoms with Crippen LogP contribution in [-0.4, -0.2) is 40.3 Å². The smallest absolute Gasteiger partial charge is 0.369 e. The zero-order valence-corrected chi connectivity index (χ0v) is 17.5. The number of rotatable bonds is 6. The van der Waals surface area contributed by atoms with E-state index >= 15 is 0 Å². The number of fused-ring (bicyclic) bond motifs is 3. The van der Waals surface area contributed by atoms with Gasteiger partial charge in [-0.05, 0) is 56.4 Å². The van der Waals surface area contributed by atoms with E-state index in [1.807, 2.05) is 26.1 Å². The first kappa shape index (κ1) is 22.1. The van der Waals surface area contributed by atoms with Crippen LogP contribution in [0.25, 0.3) is 11.0 Å². The Labute approximate surface area is 172 Å². The molecule has 0 bridgehead atoms. The number of anilines is 1. The molecule has 3 rings (SSSR count). The van der Waals surface area contributed by atoms with Gasteiger partial charge in [0.1, 0.15) is 6.10 Å². The molecule has 7 nitrogen and oxygen atoms in total. The molecule has 1 unspecified atom stereocenters. The summed E-state index contributed by atoms with van der Waals surface area (Å²) in [7, 11) is 0. The lowest BCUT2D eigenvalue weighted by atomic mass is 10.1. The van der Waals surface area contributed by atoms with Gasteiger partial charge in [0.05, 0.1) is 11.0 Å². The normalized spacial score (nSPS) is 19.8. The van der Waals surface area contributed by atoms with Crippen LogP contribution in [0.15, 0.2) is 12.1 Å². The van der Waals surface area contributed by atoms with Crippen LogP contribution in [0.1, 0.15) is 38.3 Å². The van der Waals surface area contributed by atoms with Crippen LogP contribution in [0, 0.1) is 19.8 Å². The van der Waals surface area contributed by atoms with E-state index < -0.39 is 29.8 Å². The van der Waals surface area contributed by atoms with Gasteiger partial charge in [0.25, 0.3) is 17.5 Å². The lowest BCUT2D eigenvalue weighted by molar-refractivity contribution is -0.218. The summed E-state index contributed by atoms with van der Waals surface area (Å²) in [6.07, 6.45) is -5.64. The first-order valence-corrected chi connectivity index (χ1v) is 9.70. The number of alkyl halides is 3. The average molecular weight is 426 g/mol. The van der Waals surface area contributed by atoms with E-state index in [1.54, 1.807) is 13.0 Å². The molecule has 1 aliphatic heterocycles. The zero-order chi connectivity index (χ0) is 22.4. The van der Waals surface area contributed by atoms with Gasteiger partial charge in [-0.25, -0.2) is 4.98 Å². The molecular weight excluding hydrogens is 401 g/mol. The number of carbonyl (C=O) groups excluding carboxylic acids is 2. The number of hydrogen-bond acceptors (Lipinski definition) is 4. The summed E-state index contributed by atoms with van der Waals surface area (Å²) in [6.45, 7) is 9.06. The Morgan fingerprint density at radius 2 is 1.90 bits per heavy atom. The predicted octanol–water partition coefficient (Wildman–Crippen LogP) is 3.39. The van der Waals surface area contributed by atoms with E-state index in [-0.39, 0.29) is 23.6 Å². The fraction of sp³-hybridized carbons (Fsp3) is 0.550. The summed E-state index contributed by atoms with van der Waals surface area (Å²) >= 11 is 0. The second kappa shape index (κ2) is 7.57. The summed E-state index contributed by atoms with van der Waals surface area (Å²) in [5, 5.41) is 4.07. The van der Waals surface area contributed by atoms with Crippen molar-refractivity contribution in [1.82, 2.24) is 14.9 Å². The molecule has 1 aromatic heterocycles. The van der Waals surface area contributed by atoms with E-state index in [9.17, 15) is 22.8 Å². The maximum Gasteiger partial charge on any atom is 0.440 e. The number of halogens is 3. The van der Waals surface area contributed by atoms with E-state index in [4.69, 9.17) is 4.74 Å². The number of aryl methyl sites for hydroxylation is 2. The van der Waals surface area contributed by atoms with Crippen LogP contribution in [0.2, 0.25) is 0 Å². The van der Waals surface area contributed by atoms with E-state index in [0.29, 0.717) is 12.3 Å². The number of nitrogens with one attached hydrogen (secondary N) is 2. The highest BCUT2D eigenvalue weighted by Crippen LogP contribution is 2.44. The van der Waals surface area contributed by atoms with Gasteiger partial charge < -0.3 is 10.1 Å². The summed E-state index contributed by atoms with van der Waals surface area (Å²) in [5.74, 6) is -2.41. The van der Waals surface area contributed by atoms with Crippen molar-refractivity contribution >= 4 is 28.8 Å². The lowest BCUT2D eigenvalue weighted by Crippen LogP contribution is -2.64. The molecule has 0 fully saturated rings. The molecule has 2 aromatic rings. The third kappa shape index (κ3) is 3.53. The molecule has 0 saturated heterocycles. The molecule has 164 valence electrons. The van der Waals surface area contributed by atoms with Crippen molar-refractivity contribution in [1.29, 1.82) is 0 Å². The Morgan fingerprint density at radius 3 is 2.50 bits per heavy atom. The highest BCUT2D eigenvalue weighted by atomic mass is 19.4. The summed E-state index contributed by atoms with van der Waals surface area (Å²) < 4.78 is 49.1. The zero-order valence-electron chi connectivity index (χ0n) is 17.5. The quantitative estimate of drug-likeness (QED) is 0.742. The van der Waals surface area contributed by atoms with E-state index in [1.165, 1.54) is 13.0 Å². The predicted molar refractivity (Wildman–Crippen MR) is 105 cm³/mol. The Kier molecular flexibility index (Phi) is 5.57. The number of hydrogen-bond donors (Lipinski definition) is 2. The third-order valence-electron chi connectivity index (χ3n) is 5.31. The number of ether oxygens (including phenoxy) is 1. The molecule has 0 aliphatic carbocycles. The highest BCUT2D eigenvalue weighted by Gasteiger charge is 2.68. The summed E-state index contributed by atoms with van der Waals surface area (Å²) in [4.78, 5) is 29.3. The molecule has 30 heavy (non-hydrogen) atoms. The van der Waals surface area contributed by atoms with Crippen LogP contribution in [-0.2, 0) is 20.0 Å². The number of aromatic nitrogens is 2. The van der Waals surface area contributed by atoms with Gasteiger partial charge in [-0.1, -0.05) is 13.8 Å². The van der Waals surface area contributed by atoms with Crippen molar-refractivity contribution in [2.75, 3.05) is 11.9 Å². The summed E-state index contributed by atoms with van der Waals surface area (Å²) in [5.41, 5.74) is -1.35. The Balaban J connectivity index is 2.04. The van der Waals surface area contributed by atoms with Gasteiger partial charge in [0.2, 0.25) is 5.95 Å². The van der Waals surface area contributed by atoms with Crippen LogP contribution in [0.4, 0.5) is 19.1 Å². The summed E-state index contributed by atoms with van der Waals surface area (Å²) in [6, 6.07) is 3.17. The Bertz CT molecular complexity index is 999. The van der Waals surface area contributed by atoms with Gasteiger partial charge in [-0.2, -0.15) is 13.2 Å². The largest absolute Gasteiger partial charge is 0.440 e. The van der Waals surface area contributed by atoms with E-state index in [2.05, 4.69) is 10.3 Å². The number of benzene rings is 1. The van der Waals surface area contributed by atoms with Gasteiger partial charge in [-0.15, -0.1) is 0 Å². The highest BCUT2D eigenvalue weighted by molar-refractivity contribution is 6.05. The van der Waals surface area contributed by atoms with Crippen molar-refractivity contribution in [3.63, 3.8) is 0 Å². The van der Waals surface area contributed by atoms with E-state index in [0.717, 1.165) is 15.7 Å². The minimum absolute atomic E-state index is 0.0949. The molecule has 2 N–H and O–H groups in total. The standard InChI is InChI=1S/C20H25F3N4O3/c1-10(2)6-7-30-13(5)16(28)26-19(20(21,22)23)17(29)25-18-24-14-8-11(3)12(4)9-15(14)27(18)19/h8-10,13H,6-7H2,1-5H3,(H,26,28)(H,24,25,29)/t13-,19?/m0/s1. The fourth-order valence-electron chi connectivity index (χ4n) is 3.32. The Hall–Kier alpha value is -2.62. The lowest BCUT2D eigenvalue weighted by Gasteiger charge is -2.33. The van der Waals surface area contributed by atoms with Gasteiger partial charge in [0.15, 0.2) is 0 Å². The van der Waals surface area contributed by atoms with Crippen molar-refractivity contribution in [3.05, 3.63) is 23.3 Å². The van der Waals surface area contributed by atoms with Crippen LogP contribution < -0.4 is 10.6 Å². The molecule has 1 aliphatic rings. The number of carbonyl (C=O) groups is 2. The monoisotopic (exact) mass is 426 g/mol. The minimum atomic E-state index is -5.12. The third-order valence-corrected chi connectivity index (χ3v) is 5.31. The second-order valence-electron chi connectivity index (χ2n) is 8.04. The van der Waals surface area contributed by atoms with Crippen LogP contribution in [0.5, 0.6) is 0 Å². The molecule has 2 heterocycles. The first-order valence-electron chi connectivity index (χ1n) is 9.70. The Morgan fingerprint density at radius 1 is 1.27 bits per heavy atom. The molecule has 2 atom stereocenters. The van der Waals surface area contributed by atoms with Crippen LogP contribution >= 0.6 is 0 Å². The molecule has 0 radical (unpaired) electrons. The minimum Gasteiger partial charge on any atom is -0.369 e. The SMILES string of the molecule is Cc1cc2nc3n(c2cc1C)C(NC(=O)[C@H](C)OCCC(C)C)(C(F)(F)F)C(=O)N3. The number of amides is 2. The van der Waals surface area contributed by atoms with Crippen molar-refractivity contribution in [2.24, 2.45) is 5.92 Å². The van der Waals surface area contributed by atoms with Crippen LogP contribution in [0.3, 0.4) is 0 Å².